The minimum Gasteiger partial charge on any atom is -0.507 e. The number of benzene rings is 4. The molecule has 2 heteroatoms. The first-order chi connectivity index (χ1) is 15.8. The van der Waals surface area contributed by atoms with Gasteiger partial charge in [-0.3, -0.25) is 0 Å². The first-order valence-electron chi connectivity index (χ1n) is 11.6. The van der Waals surface area contributed by atoms with E-state index in [4.69, 9.17) is 0 Å². The Kier molecular flexibility index (Phi) is 6.03. The first-order valence-corrected chi connectivity index (χ1v) is 11.6. The Morgan fingerprint density at radius 2 is 1.55 bits per heavy atom. The van der Waals surface area contributed by atoms with Gasteiger partial charge in [0, 0.05) is 22.1 Å². The molecule has 2 nitrogen and oxygen atoms in total. The molecule has 4 aromatic carbocycles. The number of aromatic hydroxyl groups is 2. The van der Waals surface area contributed by atoms with Crippen molar-refractivity contribution >= 4 is 27.1 Å². The molecule has 0 spiro atoms. The Hall–Kier alpha value is -3.52. The summed E-state index contributed by atoms with van der Waals surface area (Å²) in [5.41, 5.74) is 3.75. The van der Waals surface area contributed by atoms with Crippen LogP contribution in [0.3, 0.4) is 0 Å². The van der Waals surface area contributed by atoms with E-state index in [1.807, 2.05) is 68.4 Å². The Labute approximate surface area is 196 Å². The molecule has 4 rings (SSSR count). The number of phenols is 2. The second-order valence-electron chi connectivity index (χ2n) is 9.17. The molecule has 0 aliphatic rings. The Morgan fingerprint density at radius 1 is 0.909 bits per heavy atom. The molecule has 0 fully saturated rings. The van der Waals surface area contributed by atoms with Gasteiger partial charge in [0.05, 0.1) is 0 Å². The molecule has 0 heterocycles. The van der Waals surface area contributed by atoms with Crippen LogP contribution in [0, 0.1) is 12.3 Å². The molecule has 0 bridgehead atoms. The smallest absolute Gasteiger partial charge is 0.131 e. The van der Waals surface area contributed by atoms with Gasteiger partial charge in [-0.1, -0.05) is 87.2 Å². The predicted octanol–water partition coefficient (Wildman–Crippen LogP) is 8.78. The molecule has 168 valence electrons. The zero-order valence-electron chi connectivity index (χ0n) is 19.9. The highest BCUT2D eigenvalue weighted by Crippen LogP contribution is 2.49. The summed E-state index contributed by atoms with van der Waals surface area (Å²) in [6.45, 7) is 12.8. The average molecular weight is 437 g/mol. The number of phenolic OH excluding ortho intramolecular Hbond substituents is 2. The van der Waals surface area contributed by atoms with Crippen molar-refractivity contribution in [2.24, 2.45) is 5.41 Å². The monoisotopic (exact) mass is 436 g/mol. The van der Waals surface area contributed by atoms with Gasteiger partial charge in [0.25, 0.3) is 0 Å². The number of hydrogen-bond donors (Lipinski definition) is 2. The maximum atomic E-state index is 11.5. The highest BCUT2D eigenvalue weighted by Gasteiger charge is 2.29. The van der Waals surface area contributed by atoms with Crippen LogP contribution in [-0.2, 0) is 0 Å². The zero-order valence-corrected chi connectivity index (χ0v) is 19.9. The number of fused-ring (bicyclic) bond motifs is 3. The summed E-state index contributed by atoms with van der Waals surface area (Å²) in [6.07, 6.45) is 5.98. The van der Waals surface area contributed by atoms with Crippen LogP contribution in [0.5, 0.6) is 11.5 Å². The van der Waals surface area contributed by atoms with Crippen LogP contribution < -0.4 is 0 Å². The fourth-order valence-electron chi connectivity index (χ4n) is 4.75. The molecule has 0 aromatic heterocycles. The molecule has 33 heavy (non-hydrogen) atoms. The predicted molar refractivity (Wildman–Crippen MR) is 142 cm³/mol. The van der Waals surface area contributed by atoms with Crippen LogP contribution in [0.2, 0.25) is 0 Å². The summed E-state index contributed by atoms with van der Waals surface area (Å²) in [4.78, 5) is 0. The van der Waals surface area contributed by atoms with Crippen LogP contribution in [0.4, 0.5) is 0 Å². The number of rotatable bonds is 6. The molecule has 2 N–H and O–H groups in total. The highest BCUT2D eigenvalue weighted by atomic mass is 16.3. The SMILES string of the molecule is C=C(c1c(C)ccc(-c2ccc3ccc4ccccc4c3c2O)c1O)[C@](C)(CC)C/C=C\C. The molecule has 0 radical (unpaired) electrons. The van der Waals surface area contributed by atoms with Crippen molar-refractivity contribution in [3.63, 3.8) is 0 Å². The van der Waals surface area contributed by atoms with Gasteiger partial charge in [-0.2, -0.15) is 0 Å². The summed E-state index contributed by atoms with van der Waals surface area (Å²) in [6, 6.07) is 19.9. The van der Waals surface area contributed by atoms with Crippen molar-refractivity contribution in [1.82, 2.24) is 0 Å². The third-order valence-electron chi connectivity index (χ3n) is 7.17. The van der Waals surface area contributed by atoms with Crippen molar-refractivity contribution in [2.45, 2.75) is 40.5 Å². The van der Waals surface area contributed by atoms with Crippen molar-refractivity contribution in [3.05, 3.63) is 90.5 Å². The van der Waals surface area contributed by atoms with Crippen LogP contribution >= 0.6 is 0 Å². The zero-order chi connectivity index (χ0) is 23.8. The standard InChI is InChI=1S/C31H32O2/c1-6-8-19-31(5,7-2)21(4)27-20(3)13-17-25(29(27)32)26-18-16-23-15-14-22-11-9-10-12-24(22)28(23)30(26)33/h6,8-18,32-33H,4,7,19H2,1-3,5H3/b8-6-/t31-/m1/s1. The minimum atomic E-state index is -0.172. The largest absolute Gasteiger partial charge is 0.507 e. The molecular weight excluding hydrogens is 404 g/mol. The topological polar surface area (TPSA) is 40.5 Å². The fourth-order valence-corrected chi connectivity index (χ4v) is 4.75. The van der Waals surface area contributed by atoms with E-state index in [0.29, 0.717) is 11.1 Å². The number of hydrogen-bond acceptors (Lipinski definition) is 2. The molecule has 4 aromatic rings. The van der Waals surface area contributed by atoms with Gasteiger partial charge < -0.3 is 10.2 Å². The van der Waals surface area contributed by atoms with E-state index in [0.717, 1.165) is 51.1 Å². The number of allylic oxidation sites excluding steroid dienone is 3. The Bertz CT molecular complexity index is 1390. The maximum Gasteiger partial charge on any atom is 0.131 e. The second-order valence-corrected chi connectivity index (χ2v) is 9.17. The van der Waals surface area contributed by atoms with Gasteiger partial charge in [-0.05, 0) is 65.5 Å². The molecule has 1 atom stereocenters. The molecule has 0 saturated heterocycles. The lowest BCUT2D eigenvalue weighted by atomic mass is 9.73. The number of aryl methyl sites for hydroxylation is 1. The minimum absolute atomic E-state index is 0.172. The Morgan fingerprint density at radius 3 is 2.27 bits per heavy atom. The average Bonchev–Trinajstić information content (AvgIpc) is 2.83. The van der Waals surface area contributed by atoms with Crippen LogP contribution in [-0.4, -0.2) is 10.2 Å². The van der Waals surface area contributed by atoms with Crippen molar-refractivity contribution in [2.75, 3.05) is 0 Å². The summed E-state index contributed by atoms with van der Waals surface area (Å²) in [7, 11) is 0. The lowest BCUT2D eigenvalue weighted by Crippen LogP contribution is -2.17. The molecule has 0 unspecified atom stereocenters. The van der Waals surface area contributed by atoms with E-state index in [2.05, 4.69) is 38.6 Å². The lowest BCUT2D eigenvalue weighted by Gasteiger charge is -2.31. The van der Waals surface area contributed by atoms with E-state index in [-0.39, 0.29) is 16.9 Å². The van der Waals surface area contributed by atoms with E-state index in [1.54, 1.807) is 0 Å². The summed E-state index contributed by atoms with van der Waals surface area (Å²) in [5.74, 6) is 0.363. The van der Waals surface area contributed by atoms with E-state index in [1.165, 1.54) is 0 Å². The second kappa shape index (κ2) is 8.78. The van der Waals surface area contributed by atoms with Gasteiger partial charge in [-0.25, -0.2) is 0 Å². The van der Waals surface area contributed by atoms with E-state index < -0.39 is 0 Å². The van der Waals surface area contributed by atoms with Crippen molar-refractivity contribution in [3.8, 4) is 22.6 Å². The van der Waals surface area contributed by atoms with Gasteiger partial charge >= 0.3 is 0 Å². The van der Waals surface area contributed by atoms with Gasteiger partial charge in [0.1, 0.15) is 11.5 Å². The van der Waals surface area contributed by atoms with Crippen LogP contribution in [0.25, 0.3) is 38.2 Å². The Balaban J connectivity index is 1.94. The maximum absolute atomic E-state index is 11.5. The van der Waals surface area contributed by atoms with Crippen LogP contribution in [0.1, 0.15) is 44.7 Å². The van der Waals surface area contributed by atoms with E-state index in [9.17, 15) is 10.2 Å². The normalized spacial score (nSPS) is 13.6. The fraction of sp³-hybridized carbons (Fsp3) is 0.226. The summed E-state index contributed by atoms with van der Waals surface area (Å²) < 4.78 is 0. The summed E-state index contributed by atoms with van der Waals surface area (Å²) in [5, 5.41) is 26.7. The van der Waals surface area contributed by atoms with Crippen molar-refractivity contribution < 1.29 is 10.2 Å². The quantitative estimate of drug-likeness (QED) is 0.234. The first kappa shape index (κ1) is 22.7. The molecule has 0 amide bonds. The highest BCUT2D eigenvalue weighted by molar-refractivity contribution is 6.12. The van der Waals surface area contributed by atoms with Crippen LogP contribution in [0.15, 0.2) is 79.4 Å². The lowest BCUT2D eigenvalue weighted by molar-refractivity contribution is 0.429. The summed E-state index contributed by atoms with van der Waals surface area (Å²) >= 11 is 0. The van der Waals surface area contributed by atoms with Gasteiger partial charge in [-0.15, -0.1) is 0 Å². The van der Waals surface area contributed by atoms with Gasteiger partial charge in [0.15, 0.2) is 0 Å². The molecule has 0 aliphatic carbocycles. The molecular formula is C31H32O2. The molecule has 0 saturated carbocycles. The van der Waals surface area contributed by atoms with E-state index >= 15 is 0 Å². The third kappa shape index (κ3) is 3.80. The van der Waals surface area contributed by atoms with Crippen molar-refractivity contribution in [1.29, 1.82) is 0 Å². The third-order valence-corrected chi connectivity index (χ3v) is 7.17. The molecule has 0 aliphatic heterocycles. The van der Waals surface area contributed by atoms with Gasteiger partial charge in [0.2, 0.25) is 0 Å².